The van der Waals surface area contributed by atoms with Crippen molar-refractivity contribution in [1.82, 2.24) is 14.0 Å². The summed E-state index contributed by atoms with van der Waals surface area (Å²) in [5.74, 6) is -0.426. The van der Waals surface area contributed by atoms with Crippen molar-refractivity contribution < 1.29 is 4.79 Å². The van der Waals surface area contributed by atoms with Crippen molar-refractivity contribution in [3.05, 3.63) is 62.3 Å². The maximum atomic E-state index is 12.8. The molecule has 132 valence electrons. The molecule has 0 radical (unpaired) electrons. The van der Waals surface area contributed by atoms with Gasteiger partial charge in [0, 0.05) is 20.1 Å². The Morgan fingerprint density at radius 3 is 2.52 bits per heavy atom. The van der Waals surface area contributed by atoms with Gasteiger partial charge in [-0.2, -0.15) is 0 Å². The van der Waals surface area contributed by atoms with Crippen LogP contribution < -0.4 is 17.0 Å². The van der Waals surface area contributed by atoms with Gasteiger partial charge in [-0.15, -0.1) is 0 Å². The van der Waals surface area contributed by atoms with Gasteiger partial charge in [0.1, 0.15) is 11.4 Å². The molecule has 0 amide bonds. The fourth-order valence-electron chi connectivity index (χ4n) is 3.45. The van der Waals surface area contributed by atoms with Gasteiger partial charge in [0.2, 0.25) is 0 Å². The highest BCUT2D eigenvalue weighted by molar-refractivity contribution is 6.01. The smallest absolute Gasteiger partial charge is 0.332 e. The molecule has 2 N–H and O–H groups in total. The van der Waals surface area contributed by atoms with E-state index in [1.807, 2.05) is 30.3 Å². The minimum Gasteiger partial charge on any atom is -0.384 e. The van der Waals surface area contributed by atoms with Gasteiger partial charge < -0.3 is 5.73 Å². The second-order valence-electron chi connectivity index (χ2n) is 6.43. The maximum absolute atomic E-state index is 12.8. The Labute approximate surface area is 145 Å². The first-order valence-electron chi connectivity index (χ1n) is 8.29. The SMILES string of the molecule is Cn1c(N)c(C(=O)CN2CCC[C@H]2c2ccccc2)c(=O)n(C)c1=O. The number of ketones is 1. The molecule has 0 spiro atoms. The molecule has 1 aliphatic rings. The summed E-state index contributed by atoms with van der Waals surface area (Å²) in [5, 5.41) is 0. The Kier molecular flexibility index (Phi) is 4.59. The molecule has 25 heavy (non-hydrogen) atoms. The lowest BCUT2D eigenvalue weighted by molar-refractivity contribution is 0.0919. The molecule has 1 fully saturated rings. The number of rotatable bonds is 4. The van der Waals surface area contributed by atoms with Crippen molar-refractivity contribution in [2.75, 3.05) is 18.8 Å². The molecular formula is C18H22N4O3. The number of nitrogens with two attached hydrogens (primary N) is 1. The van der Waals surface area contributed by atoms with Crippen molar-refractivity contribution >= 4 is 11.6 Å². The number of likely N-dealkylation sites (tertiary alicyclic amines) is 1. The van der Waals surface area contributed by atoms with Gasteiger partial charge in [0.15, 0.2) is 5.78 Å². The number of aromatic nitrogens is 2. The highest BCUT2D eigenvalue weighted by Crippen LogP contribution is 2.31. The van der Waals surface area contributed by atoms with Crippen LogP contribution in [0.4, 0.5) is 5.82 Å². The molecule has 1 aromatic carbocycles. The van der Waals surface area contributed by atoms with E-state index >= 15 is 0 Å². The fourth-order valence-corrected chi connectivity index (χ4v) is 3.45. The monoisotopic (exact) mass is 342 g/mol. The Morgan fingerprint density at radius 2 is 1.84 bits per heavy atom. The highest BCUT2D eigenvalue weighted by atomic mass is 16.2. The summed E-state index contributed by atoms with van der Waals surface area (Å²) in [6.07, 6.45) is 1.96. The van der Waals surface area contributed by atoms with E-state index in [0.717, 1.165) is 34.1 Å². The van der Waals surface area contributed by atoms with E-state index in [1.165, 1.54) is 14.1 Å². The third-order valence-corrected chi connectivity index (χ3v) is 4.88. The van der Waals surface area contributed by atoms with Crippen LogP contribution in [0.2, 0.25) is 0 Å². The number of carbonyl (C=O) groups excluding carboxylic acids is 1. The van der Waals surface area contributed by atoms with Gasteiger partial charge in [-0.05, 0) is 24.9 Å². The summed E-state index contributed by atoms with van der Waals surface area (Å²) in [6.45, 7) is 0.897. The van der Waals surface area contributed by atoms with Crippen LogP contribution in [0.3, 0.4) is 0 Å². The number of anilines is 1. The van der Waals surface area contributed by atoms with E-state index in [0.29, 0.717) is 0 Å². The van der Waals surface area contributed by atoms with Gasteiger partial charge >= 0.3 is 5.69 Å². The van der Waals surface area contributed by atoms with E-state index in [4.69, 9.17) is 5.73 Å². The Bertz CT molecular complexity index is 914. The molecule has 1 saturated heterocycles. The molecule has 0 unspecified atom stereocenters. The van der Waals surface area contributed by atoms with Gasteiger partial charge in [0.25, 0.3) is 5.56 Å². The van der Waals surface area contributed by atoms with E-state index < -0.39 is 11.2 Å². The third-order valence-electron chi connectivity index (χ3n) is 4.88. The molecule has 0 aliphatic carbocycles. The molecule has 7 nitrogen and oxygen atoms in total. The van der Waals surface area contributed by atoms with Crippen LogP contribution in [0.15, 0.2) is 39.9 Å². The van der Waals surface area contributed by atoms with Gasteiger partial charge in [-0.25, -0.2) is 4.79 Å². The number of Topliss-reactive ketones (excluding diaryl/α,β-unsaturated/α-hetero) is 1. The molecule has 7 heteroatoms. The summed E-state index contributed by atoms with van der Waals surface area (Å²) in [4.78, 5) is 39.1. The fraction of sp³-hybridized carbons (Fsp3) is 0.389. The average Bonchev–Trinajstić information content (AvgIpc) is 3.07. The third kappa shape index (κ3) is 3.02. The summed E-state index contributed by atoms with van der Waals surface area (Å²) in [6, 6.07) is 10.2. The Morgan fingerprint density at radius 1 is 1.16 bits per heavy atom. The van der Waals surface area contributed by atoms with Gasteiger partial charge in [-0.3, -0.25) is 23.6 Å². The number of nitrogen functional groups attached to an aromatic ring is 1. The number of hydrogen-bond donors (Lipinski definition) is 1. The molecule has 0 bridgehead atoms. The molecule has 3 rings (SSSR count). The van der Waals surface area contributed by atoms with Crippen molar-refractivity contribution in [3.8, 4) is 0 Å². The summed E-state index contributed by atoms with van der Waals surface area (Å²) in [7, 11) is 2.81. The second kappa shape index (κ2) is 6.68. The molecule has 1 atom stereocenters. The van der Waals surface area contributed by atoms with E-state index in [1.54, 1.807) is 0 Å². The zero-order valence-electron chi connectivity index (χ0n) is 14.4. The average molecular weight is 342 g/mol. The molecular weight excluding hydrogens is 320 g/mol. The van der Waals surface area contributed by atoms with E-state index in [9.17, 15) is 14.4 Å². The zero-order valence-corrected chi connectivity index (χ0v) is 14.4. The number of benzene rings is 1. The van der Waals surface area contributed by atoms with Crippen LogP contribution >= 0.6 is 0 Å². The lowest BCUT2D eigenvalue weighted by Gasteiger charge is -2.24. The summed E-state index contributed by atoms with van der Waals surface area (Å²) >= 11 is 0. The number of nitrogens with zero attached hydrogens (tertiary/aromatic N) is 3. The van der Waals surface area contributed by atoms with Gasteiger partial charge in [0.05, 0.1) is 6.54 Å². The van der Waals surface area contributed by atoms with Crippen molar-refractivity contribution in [1.29, 1.82) is 0 Å². The minimum atomic E-state index is -0.638. The number of hydrogen-bond acceptors (Lipinski definition) is 5. The van der Waals surface area contributed by atoms with Crippen LogP contribution in [0, 0.1) is 0 Å². The van der Waals surface area contributed by atoms with Crippen LogP contribution in [0.25, 0.3) is 0 Å². The Balaban J connectivity index is 1.91. The zero-order chi connectivity index (χ0) is 18.1. The molecule has 2 heterocycles. The minimum absolute atomic E-state index is 0.0754. The largest absolute Gasteiger partial charge is 0.384 e. The molecule has 2 aromatic rings. The van der Waals surface area contributed by atoms with Gasteiger partial charge in [-0.1, -0.05) is 30.3 Å². The first-order chi connectivity index (χ1) is 11.9. The summed E-state index contributed by atoms with van der Waals surface area (Å²) < 4.78 is 2.05. The van der Waals surface area contributed by atoms with E-state index in [-0.39, 0.29) is 29.8 Å². The lowest BCUT2D eigenvalue weighted by Crippen LogP contribution is -2.43. The highest BCUT2D eigenvalue weighted by Gasteiger charge is 2.29. The molecule has 1 aromatic heterocycles. The number of carbonyl (C=O) groups is 1. The van der Waals surface area contributed by atoms with Crippen LogP contribution in [0.1, 0.15) is 34.8 Å². The topological polar surface area (TPSA) is 90.3 Å². The first-order valence-corrected chi connectivity index (χ1v) is 8.29. The predicted molar refractivity (Wildman–Crippen MR) is 95.7 cm³/mol. The standard InChI is InChI=1S/C18H22N4O3/c1-20-16(19)15(17(24)21(2)18(20)25)14(23)11-22-10-6-9-13(22)12-7-4-3-5-8-12/h3-5,7-8,13H,6,9-11,19H2,1-2H3/t13-/m0/s1. The van der Waals surface area contributed by atoms with Crippen LogP contribution in [-0.4, -0.2) is 32.9 Å². The predicted octanol–water partition coefficient (Wildman–Crippen LogP) is 0.686. The van der Waals surface area contributed by atoms with Crippen LogP contribution in [-0.2, 0) is 14.1 Å². The Hall–Kier alpha value is -2.67. The second-order valence-corrected chi connectivity index (χ2v) is 6.43. The first kappa shape index (κ1) is 17.2. The van der Waals surface area contributed by atoms with Crippen LogP contribution in [0.5, 0.6) is 0 Å². The van der Waals surface area contributed by atoms with Crippen molar-refractivity contribution in [2.24, 2.45) is 14.1 Å². The van der Waals surface area contributed by atoms with E-state index in [2.05, 4.69) is 4.90 Å². The lowest BCUT2D eigenvalue weighted by atomic mass is 10.0. The maximum Gasteiger partial charge on any atom is 0.332 e. The summed E-state index contributed by atoms with van der Waals surface area (Å²) in [5.41, 5.74) is 5.76. The van der Waals surface area contributed by atoms with Crippen molar-refractivity contribution in [2.45, 2.75) is 18.9 Å². The molecule has 0 saturated carbocycles. The quantitative estimate of drug-likeness (QED) is 0.826. The normalized spacial score (nSPS) is 17.8. The van der Waals surface area contributed by atoms with Crippen molar-refractivity contribution in [3.63, 3.8) is 0 Å². The molecule has 1 aliphatic heterocycles.